The number of benzene rings is 2. The molecule has 4 heteroatoms. The molecule has 0 heterocycles. The predicted molar refractivity (Wildman–Crippen MR) is 76.5 cm³/mol. The van der Waals surface area contributed by atoms with Crippen molar-refractivity contribution >= 4 is 11.6 Å². The quantitative estimate of drug-likeness (QED) is 0.664. The van der Waals surface area contributed by atoms with E-state index < -0.39 is 5.82 Å². The maximum absolute atomic E-state index is 13.2. The fourth-order valence-corrected chi connectivity index (χ4v) is 2.21. The highest BCUT2D eigenvalue weighted by Gasteiger charge is 2.14. The minimum Gasteiger partial charge on any atom is -0.271 e. The Balaban J connectivity index is 2.43. The highest BCUT2D eigenvalue weighted by Crippen LogP contribution is 2.26. The minimum atomic E-state index is -0.429. The normalized spacial score (nSPS) is 12.5. The van der Waals surface area contributed by atoms with Gasteiger partial charge in [0.05, 0.1) is 11.1 Å². The van der Waals surface area contributed by atoms with E-state index in [-0.39, 0.29) is 11.1 Å². The van der Waals surface area contributed by atoms with E-state index in [4.69, 9.17) is 17.4 Å². The second-order valence-corrected chi connectivity index (χ2v) is 5.02. The third kappa shape index (κ3) is 2.95. The van der Waals surface area contributed by atoms with Gasteiger partial charge in [-0.1, -0.05) is 35.9 Å². The van der Waals surface area contributed by atoms with Gasteiger partial charge in [0.1, 0.15) is 5.82 Å². The maximum Gasteiger partial charge on any atom is 0.141 e. The van der Waals surface area contributed by atoms with Crippen molar-refractivity contribution in [3.63, 3.8) is 0 Å². The molecule has 0 fully saturated rings. The monoisotopic (exact) mass is 278 g/mol. The van der Waals surface area contributed by atoms with Gasteiger partial charge in [-0.15, -0.1) is 0 Å². The molecule has 3 N–H and O–H groups in total. The molecule has 0 saturated carbocycles. The van der Waals surface area contributed by atoms with Crippen LogP contribution in [0.15, 0.2) is 36.4 Å². The van der Waals surface area contributed by atoms with Crippen LogP contribution in [0.3, 0.4) is 0 Å². The topological polar surface area (TPSA) is 38.0 Å². The number of hydrogen-bond donors (Lipinski definition) is 2. The summed E-state index contributed by atoms with van der Waals surface area (Å²) in [5.74, 6) is 5.20. The van der Waals surface area contributed by atoms with Crippen molar-refractivity contribution in [1.82, 2.24) is 5.43 Å². The summed E-state index contributed by atoms with van der Waals surface area (Å²) in [6.45, 7) is 4.10. The maximum atomic E-state index is 13.2. The lowest BCUT2D eigenvalue weighted by molar-refractivity contribution is 0.615. The standard InChI is InChI=1S/C15H16ClFN2/c1-9-3-4-11(7-10(9)2)15(19-18)12-5-6-14(17)13(16)8-12/h3-8,15,19H,18H2,1-2H3. The van der Waals surface area contributed by atoms with Crippen molar-refractivity contribution in [2.24, 2.45) is 5.84 Å². The molecule has 0 saturated heterocycles. The number of nitrogens with two attached hydrogens (primary N) is 1. The highest BCUT2D eigenvalue weighted by atomic mass is 35.5. The van der Waals surface area contributed by atoms with Crippen molar-refractivity contribution in [3.8, 4) is 0 Å². The molecule has 0 aliphatic carbocycles. The Labute approximate surface area is 117 Å². The molecule has 2 nitrogen and oxygen atoms in total. The van der Waals surface area contributed by atoms with Gasteiger partial charge in [0, 0.05) is 0 Å². The van der Waals surface area contributed by atoms with E-state index in [1.165, 1.54) is 17.2 Å². The van der Waals surface area contributed by atoms with Crippen LogP contribution in [0.25, 0.3) is 0 Å². The largest absolute Gasteiger partial charge is 0.271 e. The Morgan fingerprint density at radius 1 is 1.05 bits per heavy atom. The number of nitrogens with one attached hydrogen (secondary N) is 1. The molecule has 0 aliphatic heterocycles. The molecule has 0 spiro atoms. The van der Waals surface area contributed by atoms with Crippen LogP contribution < -0.4 is 11.3 Å². The predicted octanol–water partition coefficient (Wildman–Crippen LogP) is 3.65. The van der Waals surface area contributed by atoms with Crippen molar-refractivity contribution < 1.29 is 4.39 Å². The lowest BCUT2D eigenvalue weighted by Gasteiger charge is -2.18. The molecular formula is C15H16ClFN2. The molecule has 0 aliphatic rings. The van der Waals surface area contributed by atoms with Crippen molar-refractivity contribution in [2.75, 3.05) is 0 Å². The van der Waals surface area contributed by atoms with Crippen LogP contribution in [0.4, 0.5) is 4.39 Å². The second-order valence-electron chi connectivity index (χ2n) is 4.62. The van der Waals surface area contributed by atoms with Crippen LogP contribution >= 0.6 is 11.6 Å². The second kappa shape index (κ2) is 5.70. The SMILES string of the molecule is Cc1ccc(C(NN)c2ccc(F)c(Cl)c2)cc1C. The summed E-state index contributed by atoms with van der Waals surface area (Å²) in [6, 6.07) is 10.5. The van der Waals surface area contributed by atoms with Gasteiger partial charge in [0.2, 0.25) is 0 Å². The van der Waals surface area contributed by atoms with Gasteiger partial charge >= 0.3 is 0 Å². The minimum absolute atomic E-state index is 0.0987. The number of hydrogen-bond acceptors (Lipinski definition) is 2. The fourth-order valence-electron chi connectivity index (χ4n) is 2.02. The first-order valence-corrected chi connectivity index (χ1v) is 6.39. The summed E-state index contributed by atoms with van der Waals surface area (Å²) in [6.07, 6.45) is 0. The third-order valence-corrected chi connectivity index (χ3v) is 3.60. The average molecular weight is 279 g/mol. The van der Waals surface area contributed by atoms with E-state index in [1.807, 2.05) is 19.1 Å². The van der Waals surface area contributed by atoms with Crippen molar-refractivity contribution in [3.05, 3.63) is 69.5 Å². The molecule has 19 heavy (non-hydrogen) atoms. The third-order valence-electron chi connectivity index (χ3n) is 3.31. The van der Waals surface area contributed by atoms with Crippen LogP contribution in [0.2, 0.25) is 5.02 Å². The molecule has 1 unspecified atom stereocenters. The van der Waals surface area contributed by atoms with Gasteiger partial charge in [-0.25, -0.2) is 9.82 Å². The lowest BCUT2D eigenvalue weighted by atomic mass is 9.96. The van der Waals surface area contributed by atoms with E-state index in [0.717, 1.165) is 11.1 Å². The van der Waals surface area contributed by atoms with Crippen LogP contribution in [-0.4, -0.2) is 0 Å². The van der Waals surface area contributed by atoms with Gasteiger partial charge < -0.3 is 0 Å². The van der Waals surface area contributed by atoms with Crippen molar-refractivity contribution in [2.45, 2.75) is 19.9 Å². The van der Waals surface area contributed by atoms with Gasteiger partial charge in [0.15, 0.2) is 0 Å². The number of rotatable bonds is 3. The molecule has 100 valence electrons. The zero-order valence-electron chi connectivity index (χ0n) is 10.9. The van der Waals surface area contributed by atoms with E-state index in [9.17, 15) is 4.39 Å². The van der Waals surface area contributed by atoms with Crippen LogP contribution in [0.5, 0.6) is 0 Å². The molecule has 0 amide bonds. The summed E-state index contributed by atoms with van der Waals surface area (Å²) in [7, 11) is 0. The number of hydrazine groups is 1. The Bertz CT molecular complexity index is 547. The van der Waals surface area contributed by atoms with E-state index in [1.54, 1.807) is 12.1 Å². The van der Waals surface area contributed by atoms with Gasteiger partial charge in [-0.2, -0.15) is 0 Å². The van der Waals surface area contributed by atoms with Crippen molar-refractivity contribution in [1.29, 1.82) is 0 Å². The summed E-state index contributed by atoms with van der Waals surface area (Å²) in [5, 5.41) is 0.0987. The average Bonchev–Trinajstić information content (AvgIpc) is 2.39. The zero-order chi connectivity index (χ0) is 14.0. The first-order chi connectivity index (χ1) is 9.02. The molecule has 0 bridgehead atoms. The molecular weight excluding hydrogens is 263 g/mol. The molecule has 2 aromatic carbocycles. The lowest BCUT2D eigenvalue weighted by Crippen LogP contribution is -2.29. The Hall–Kier alpha value is -1.42. The zero-order valence-corrected chi connectivity index (χ0v) is 11.6. The summed E-state index contributed by atoms with van der Waals surface area (Å²) in [5.41, 5.74) is 7.00. The molecule has 1 atom stereocenters. The first-order valence-electron chi connectivity index (χ1n) is 6.01. The van der Waals surface area contributed by atoms with Crippen LogP contribution in [-0.2, 0) is 0 Å². The molecule has 0 radical (unpaired) electrons. The number of halogens is 2. The van der Waals surface area contributed by atoms with Gasteiger partial charge in [0.25, 0.3) is 0 Å². The summed E-state index contributed by atoms with van der Waals surface area (Å²) < 4.78 is 13.2. The smallest absolute Gasteiger partial charge is 0.141 e. The highest BCUT2D eigenvalue weighted by molar-refractivity contribution is 6.30. The fraction of sp³-hybridized carbons (Fsp3) is 0.200. The van der Waals surface area contributed by atoms with Crippen LogP contribution in [0, 0.1) is 19.7 Å². The Kier molecular flexibility index (Phi) is 4.20. The van der Waals surface area contributed by atoms with Crippen LogP contribution in [0.1, 0.15) is 28.3 Å². The molecule has 2 aromatic rings. The Morgan fingerprint density at radius 2 is 1.68 bits per heavy atom. The number of aryl methyl sites for hydroxylation is 2. The van der Waals surface area contributed by atoms with E-state index >= 15 is 0 Å². The van der Waals surface area contributed by atoms with E-state index in [2.05, 4.69) is 18.4 Å². The molecule has 0 aromatic heterocycles. The Morgan fingerprint density at radius 3 is 2.26 bits per heavy atom. The summed E-state index contributed by atoms with van der Waals surface area (Å²) >= 11 is 5.82. The first kappa shape index (κ1) is 14.0. The van der Waals surface area contributed by atoms with Gasteiger partial charge in [-0.05, 0) is 48.2 Å². The van der Waals surface area contributed by atoms with E-state index in [0.29, 0.717) is 0 Å². The van der Waals surface area contributed by atoms with Gasteiger partial charge in [-0.3, -0.25) is 5.84 Å². The summed E-state index contributed by atoms with van der Waals surface area (Å²) in [4.78, 5) is 0. The molecule has 2 rings (SSSR count).